The number of anilines is 1. The Morgan fingerprint density at radius 3 is 2.15 bits per heavy atom. The number of rotatable bonds is 6. The van der Waals surface area contributed by atoms with Crippen molar-refractivity contribution in [1.82, 2.24) is 10.6 Å². The minimum atomic E-state index is -3.40. The summed E-state index contributed by atoms with van der Waals surface area (Å²) >= 11 is 0. The maximum absolute atomic E-state index is 12.5. The van der Waals surface area contributed by atoms with E-state index in [0.29, 0.717) is 5.69 Å². The lowest BCUT2D eigenvalue weighted by atomic mass is 9.53. The van der Waals surface area contributed by atoms with Gasteiger partial charge < -0.3 is 10.6 Å². The van der Waals surface area contributed by atoms with Gasteiger partial charge in [0.05, 0.1) is 18.5 Å². The van der Waals surface area contributed by atoms with Crippen LogP contribution in [0.4, 0.5) is 10.5 Å². The van der Waals surface area contributed by atoms with Crippen LogP contribution in [0.1, 0.15) is 38.5 Å². The number of nitrogens with one attached hydrogen (secondary N) is 2. The maximum atomic E-state index is 12.5. The highest BCUT2D eigenvalue weighted by Gasteiger charge is 2.51. The van der Waals surface area contributed by atoms with Gasteiger partial charge in [0.1, 0.15) is 0 Å². The number of carbonyl (C=O) groups is 1. The molecular formula is C20H29N3O3S. The Kier molecular flexibility index (Phi) is 4.82. The highest BCUT2D eigenvalue weighted by Crippen LogP contribution is 2.55. The molecule has 148 valence electrons. The minimum absolute atomic E-state index is 0.0330. The lowest BCUT2D eigenvalue weighted by Gasteiger charge is -2.56. The lowest BCUT2D eigenvalue weighted by Crippen LogP contribution is -2.61. The van der Waals surface area contributed by atoms with Crippen LogP contribution < -0.4 is 14.9 Å². The molecule has 6 nitrogen and oxygen atoms in total. The molecule has 4 aliphatic rings. The van der Waals surface area contributed by atoms with Crippen LogP contribution in [-0.2, 0) is 10.0 Å². The Balaban J connectivity index is 1.33. The molecule has 1 aromatic rings. The van der Waals surface area contributed by atoms with Crippen molar-refractivity contribution in [2.24, 2.45) is 17.8 Å². The van der Waals surface area contributed by atoms with Gasteiger partial charge in [0, 0.05) is 12.1 Å². The van der Waals surface area contributed by atoms with Crippen LogP contribution in [0.25, 0.3) is 0 Å². The predicted octanol–water partition coefficient (Wildman–Crippen LogP) is 2.72. The molecule has 0 spiro atoms. The van der Waals surface area contributed by atoms with E-state index in [0.717, 1.165) is 37.0 Å². The van der Waals surface area contributed by atoms with E-state index in [1.54, 1.807) is 24.3 Å². The summed E-state index contributed by atoms with van der Waals surface area (Å²) in [5.74, 6) is 2.32. The molecule has 5 rings (SSSR count). The third-order valence-electron chi connectivity index (χ3n) is 6.46. The van der Waals surface area contributed by atoms with Crippen molar-refractivity contribution in [2.45, 2.75) is 44.1 Å². The summed E-state index contributed by atoms with van der Waals surface area (Å²) < 4.78 is 25.5. The highest BCUT2D eigenvalue weighted by atomic mass is 32.2. The van der Waals surface area contributed by atoms with Gasteiger partial charge >= 0.3 is 6.03 Å². The normalized spacial score (nSPS) is 31.5. The first kappa shape index (κ1) is 18.6. The zero-order valence-corrected chi connectivity index (χ0v) is 16.7. The topological polar surface area (TPSA) is 78.5 Å². The highest BCUT2D eigenvalue weighted by molar-refractivity contribution is 7.92. The quantitative estimate of drug-likeness (QED) is 0.783. The Morgan fingerprint density at radius 1 is 1.07 bits per heavy atom. The van der Waals surface area contributed by atoms with Gasteiger partial charge in [-0.3, -0.25) is 4.31 Å². The second-order valence-corrected chi connectivity index (χ2v) is 10.7. The molecule has 4 fully saturated rings. The van der Waals surface area contributed by atoms with Crippen molar-refractivity contribution in [3.63, 3.8) is 0 Å². The molecule has 7 heteroatoms. The third kappa shape index (κ3) is 4.08. The summed E-state index contributed by atoms with van der Waals surface area (Å²) in [6.07, 6.45) is 8.51. The molecule has 4 aliphatic carbocycles. The summed E-state index contributed by atoms with van der Waals surface area (Å²) in [6, 6.07) is 8.81. The fraction of sp³-hybridized carbons (Fsp3) is 0.650. The van der Waals surface area contributed by atoms with Crippen molar-refractivity contribution in [3.05, 3.63) is 30.3 Å². The Labute approximate surface area is 161 Å². The first-order valence-corrected chi connectivity index (χ1v) is 11.8. The van der Waals surface area contributed by atoms with Crippen molar-refractivity contribution in [1.29, 1.82) is 0 Å². The van der Waals surface area contributed by atoms with Crippen LogP contribution in [0.3, 0.4) is 0 Å². The zero-order chi connectivity index (χ0) is 19.1. The summed E-state index contributed by atoms with van der Waals surface area (Å²) in [5.41, 5.74) is 0.581. The molecule has 0 atom stereocenters. The Hall–Kier alpha value is -1.76. The van der Waals surface area contributed by atoms with E-state index in [-0.39, 0.29) is 24.7 Å². The van der Waals surface area contributed by atoms with Crippen molar-refractivity contribution < 1.29 is 13.2 Å². The van der Waals surface area contributed by atoms with Gasteiger partial charge in [-0.2, -0.15) is 0 Å². The van der Waals surface area contributed by atoms with Crippen LogP contribution in [0.2, 0.25) is 0 Å². The zero-order valence-electron chi connectivity index (χ0n) is 15.9. The predicted molar refractivity (Wildman–Crippen MR) is 106 cm³/mol. The van der Waals surface area contributed by atoms with Gasteiger partial charge in [0.2, 0.25) is 10.0 Å². The molecule has 0 heterocycles. The molecule has 0 saturated heterocycles. The average molecular weight is 392 g/mol. The van der Waals surface area contributed by atoms with Crippen molar-refractivity contribution in [2.75, 3.05) is 23.7 Å². The molecule has 0 unspecified atom stereocenters. The van der Waals surface area contributed by atoms with E-state index in [9.17, 15) is 13.2 Å². The van der Waals surface area contributed by atoms with Crippen LogP contribution in [0.5, 0.6) is 0 Å². The number of carbonyl (C=O) groups excluding carboxylic acids is 1. The summed E-state index contributed by atoms with van der Waals surface area (Å²) in [5, 5.41) is 6.13. The van der Waals surface area contributed by atoms with Gasteiger partial charge in [-0.25, -0.2) is 13.2 Å². The molecule has 0 aromatic heterocycles. The number of urea groups is 1. The van der Waals surface area contributed by atoms with Crippen LogP contribution >= 0.6 is 0 Å². The second kappa shape index (κ2) is 7.00. The monoisotopic (exact) mass is 391 g/mol. The Bertz CT molecular complexity index is 759. The molecule has 4 bridgehead atoms. The lowest BCUT2D eigenvalue weighted by molar-refractivity contribution is -0.0135. The fourth-order valence-corrected chi connectivity index (χ4v) is 6.83. The van der Waals surface area contributed by atoms with Crippen LogP contribution in [0, 0.1) is 17.8 Å². The minimum Gasteiger partial charge on any atom is -0.336 e. The maximum Gasteiger partial charge on any atom is 0.315 e. The van der Waals surface area contributed by atoms with Crippen molar-refractivity contribution >= 4 is 21.7 Å². The average Bonchev–Trinajstić information content (AvgIpc) is 2.56. The standard InChI is InChI=1S/C20H29N3O3S/c1-27(25,26)23(18-5-3-2-4-6-18)8-7-21-19(24)22-20-12-15-9-16(13-20)11-17(10-15)14-20/h2-6,15-17H,7-14H2,1H3,(H2,21,22,24). The SMILES string of the molecule is CS(=O)(=O)N(CCNC(=O)NC12CC3CC(CC(C3)C1)C2)c1ccccc1. The summed E-state index contributed by atoms with van der Waals surface area (Å²) in [4.78, 5) is 12.5. The third-order valence-corrected chi connectivity index (χ3v) is 7.66. The molecular weight excluding hydrogens is 362 g/mol. The van der Waals surface area contributed by atoms with Gasteiger partial charge in [-0.1, -0.05) is 18.2 Å². The first-order valence-electron chi connectivity index (χ1n) is 9.92. The second-order valence-electron chi connectivity index (χ2n) is 8.75. The van der Waals surface area contributed by atoms with Gasteiger partial charge in [0.15, 0.2) is 0 Å². The number of sulfonamides is 1. The van der Waals surface area contributed by atoms with Gasteiger partial charge in [0.25, 0.3) is 0 Å². The molecule has 0 radical (unpaired) electrons. The largest absolute Gasteiger partial charge is 0.336 e. The van der Waals surface area contributed by atoms with E-state index >= 15 is 0 Å². The van der Waals surface area contributed by atoms with Crippen LogP contribution in [0.15, 0.2) is 30.3 Å². The molecule has 0 aliphatic heterocycles. The first-order chi connectivity index (χ1) is 12.8. The van der Waals surface area contributed by atoms with Gasteiger partial charge in [-0.05, 0) is 68.4 Å². The molecule has 1 aromatic carbocycles. The van der Waals surface area contributed by atoms with E-state index in [1.165, 1.54) is 29.8 Å². The molecule has 2 N–H and O–H groups in total. The van der Waals surface area contributed by atoms with Gasteiger partial charge in [-0.15, -0.1) is 0 Å². The number of hydrogen-bond acceptors (Lipinski definition) is 3. The number of nitrogens with zero attached hydrogens (tertiary/aromatic N) is 1. The summed E-state index contributed by atoms with van der Waals surface area (Å²) in [6.45, 7) is 0.497. The molecule has 4 saturated carbocycles. The number of hydrogen-bond donors (Lipinski definition) is 2. The van der Waals surface area contributed by atoms with E-state index in [2.05, 4.69) is 10.6 Å². The fourth-order valence-electron chi connectivity index (χ4n) is 5.90. The number of para-hydroxylation sites is 1. The van der Waals surface area contributed by atoms with E-state index < -0.39 is 10.0 Å². The summed E-state index contributed by atoms with van der Waals surface area (Å²) in [7, 11) is -3.40. The smallest absolute Gasteiger partial charge is 0.315 e. The van der Waals surface area contributed by atoms with Crippen LogP contribution in [-0.4, -0.2) is 39.3 Å². The molecule has 27 heavy (non-hydrogen) atoms. The van der Waals surface area contributed by atoms with E-state index in [4.69, 9.17) is 0 Å². The molecule has 2 amide bonds. The van der Waals surface area contributed by atoms with E-state index in [1.807, 2.05) is 6.07 Å². The number of benzene rings is 1. The Morgan fingerprint density at radius 2 is 1.63 bits per heavy atom. The number of amides is 2. The van der Waals surface area contributed by atoms with Crippen molar-refractivity contribution in [3.8, 4) is 0 Å².